The maximum atomic E-state index is 13.1. The lowest BCUT2D eigenvalue weighted by atomic mass is 10.0. The maximum Gasteiger partial charge on any atom is 0.264 e. The number of rotatable bonds is 6. The third kappa shape index (κ3) is 4.18. The van der Waals surface area contributed by atoms with Crippen LogP contribution in [0.2, 0.25) is 0 Å². The second kappa shape index (κ2) is 8.48. The Bertz CT molecular complexity index is 1350. The number of benzene rings is 3. The van der Waals surface area contributed by atoms with Crippen LogP contribution in [-0.2, 0) is 26.5 Å². The minimum Gasteiger partial charge on any atom is -0.497 e. The topological polar surface area (TPSA) is 92.8 Å². The molecular weight excluding hydrogens is 448 g/mol. The molecule has 0 bridgehead atoms. The number of anilines is 2. The summed E-state index contributed by atoms with van der Waals surface area (Å²) in [4.78, 5) is 0.386. The SMILES string of the molecule is COc1ccc(S(=O)(=O)Nc2ccc3c(c2)CCCN3S(=O)(=O)c2ccccc2)c(C)c1. The summed E-state index contributed by atoms with van der Waals surface area (Å²) in [5, 5.41) is 0. The molecule has 168 valence electrons. The van der Waals surface area contributed by atoms with Gasteiger partial charge in [0.1, 0.15) is 5.75 Å². The van der Waals surface area contributed by atoms with Gasteiger partial charge in [0.15, 0.2) is 0 Å². The summed E-state index contributed by atoms with van der Waals surface area (Å²) in [5.74, 6) is 0.579. The number of hydrogen-bond acceptors (Lipinski definition) is 5. The van der Waals surface area contributed by atoms with Crippen LogP contribution < -0.4 is 13.8 Å². The Morgan fingerprint density at radius 2 is 1.69 bits per heavy atom. The van der Waals surface area contributed by atoms with E-state index in [2.05, 4.69) is 4.72 Å². The van der Waals surface area contributed by atoms with E-state index in [-0.39, 0.29) is 9.79 Å². The average Bonchev–Trinajstić information content (AvgIpc) is 2.78. The van der Waals surface area contributed by atoms with Gasteiger partial charge in [-0.2, -0.15) is 0 Å². The molecule has 9 heteroatoms. The molecule has 1 N–H and O–H groups in total. The van der Waals surface area contributed by atoms with E-state index < -0.39 is 20.0 Å². The van der Waals surface area contributed by atoms with E-state index in [4.69, 9.17) is 4.74 Å². The summed E-state index contributed by atoms with van der Waals surface area (Å²) in [6.45, 7) is 2.08. The summed E-state index contributed by atoms with van der Waals surface area (Å²) >= 11 is 0. The summed E-state index contributed by atoms with van der Waals surface area (Å²) in [6, 6.07) is 18.0. The fraction of sp³-hybridized carbons (Fsp3) is 0.217. The van der Waals surface area contributed by atoms with Crippen LogP contribution in [0.1, 0.15) is 17.5 Å². The molecule has 0 saturated carbocycles. The van der Waals surface area contributed by atoms with Crippen LogP contribution in [0, 0.1) is 6.92 Å². The van der Waals surface area contributed by atoms with Crippen LogP contribution in [0.3, 0.4) is 0 Å². The predicted octanol–water partition coefficient (Wildman–Crippen LogP) is 3.95. The largest absolute Gasteiger partial charge is 0.497 e. The first kappa shape index (κ1) is 22.2. The van der Waals surface area contributed by atoms with Crippen LogP contribution in [0.25, 0.3) is 0 Å². The molecule has 4 rings (SSSR count). The minimum absolute atomic E-state index is 0.157. The van der Waals surface area contributed by atoms with E-state index in [1.54, 1.807) is 67.6 Å². The second-order valence-electron chi connectivity index (χ2n) is 7.57. The minimum atomic E-state index is -3.82. The molecule has 0 atom stereocenters. The van der Waals surface area contributed by atoms with Crippen molar-refractivity contribution in [1.82, 2.24) is 0 Å². The van der Waals surface area contributed by atoms with Gasteiger partial charge in [0.2, 0.25) is 0 Å². The Kier molecular flexibility index (Phi) is 5.87. The van der Waals surface area contributed by atoms with Crippen molar-refractivity contribution in [2.75, 3.05) is 22.7 Å². The van der Waals surface area contributed by atoms with Gasteiger partial charge in [0.25, 0.3) is 20.0 Å². The Labute approximate surface area is 188 Å². The molecule has 0 aromatic heterocycles. The Morgan fingerprint density at radius 3 is 2.38 bits per heavy atom. The number of aryl methyl sites for hydroxylation is 2. The Balaban J connectivity index is 1.65. The molecular formula is C23H24N2O5S2. The van der Waals surface area contributed by atoms with Gasteiger partial charge < -0.3 is 4.74 Å². The highest BCUT2D eigenvalue weighted by atomic mass is 32.2. The number of nitrogens with one attached hydrogen (secondary N) is 1. The van der Waals surface area contributed by atoms with E-state index in [9.17, 15) is 16.8 Å². The zero-order chi connectivity index (χ0) is 22.9. The average molecular weight is 473 g/mol. The van der Waals surface area contributed by atoms with Gasteiger partial charge in [0.05, 0.1) is 22.6 Å². The van der Waals surface area contributed by atoms with E-state index >= 15 is 0 Å². The number of sulfonamides is 2. The molecule has 0 spiro atoms. The van der Waals surface area contributed by atoms with Crippen molar-refractivity contribution in [1.29, 1.82) is 0 Å². The molecule has 32 heavy (non-hydrogen) atoms. The van der Waals surface area contributed by atoms with Crippen LogP contribution >= 0.6 is 0 Å². The summed E-state index contributed by atoms with van der Waals surface area (Å²) < 4.78 is 61.3. The van der Waals surface area contributed by atoms with Crippen molar-refractivity contribution in [3.05, 3.63) is 77.9 Å². The van der Waals surface area contributed by atoms with Gasteiger partial charge in [-0.3, -0.25) is 9.03 Å². The molecule has 0 aliphatic carbocycles. The lowest BCUT2D eigenvalue weighted by molar-refractivity contribution is 0.414. The van der Waals surface area contributed by atoms with E-state index in [1.165, 1.54) is 17.5 Å². The van der Waals surface area contributed by atoms with Crippen LogP contribution in [0.4, 0.5) is 11.4 Å². The van der Waals surface area contributed by atoms with E-state index in [0.29, 0.717) is 42.1 Å². The molecule has 3 aromatic carbocycles. The molecule has 0 radical (unpaired) electrons. The Morgan fingerprint density at radius 1 is 0.938 bits per heavy atom. The first-order valence-corrected chi connectivity index (χ1v) is 13.0. The van der Waals surface area contributed by atoms with Crippen LogP contribution in [0.15, 0.2) is 76.5 Å². The molecule has 3 aromatic rings. The van der Waals surface area contributed by atoms with Gasteiger partial charge in [-0.1, -0.05) is 18.2 Å². The molecule has 0 amide bonds. The molecule has 0 unspecified atom stereocenters. The highest BCUT2D eigenvalue weighted by molar-refractivity contribution is 7.93. The number of ether oxygens (including phenoxy) is 1. The molecule has 1 aliphatic rings. The van der Waals surface area contributed by atoms with E-state index in [1.807, 2.05) is 0 Å². The maximum absolute atomic E-state index is 13.1. The number of hydrogen-bond donors (Lipinski definition) is 1. The molecule has 1 heterocycles. The van der Waals surface area contributed by atoms with Gasteiger partial charge in [-0.15, -0.1) is 0 Å². The molecule has 0 fully saturated rings. The highest BCUT2D eigenvalue weighted by Crippen LogP contribution is 2.34. The fourth-order valence-corrected chi connectivity index (χ4v) is 6.70. The van der Waals surface area contributed by atoms with Crippen molar-refractivity contribution in [3.63, 3.8) is 0 Å². The lowest BCUT2D eigenvalue weighted by Crippen LogP contribution is -2.35. The van der Waals surface area contributed by atoms with Crippen molar-refractivity contribution >= 4 is 31.4 Å². The molecule has 7 nitrogen and oxygen atoms in total. The van der Waals surface area contributed by atoms with Gasteiger partial charge in [0, 0.05) is 12.2 Å². The number of methoxy groups -OCH3 is 1. The zero-order valence-corrected chi connectivity index (χ0v) is 19.4. The number of fused-ring (bicyclic) bond motifs is 1. The lowest BCUT2D eigenvalue weighted by Gasteiger charge is -2.31. The monoisotopic (exact) mass is 472 g/mol. The Hall–Kier alpha value is -3.04. The van der Waals surface area contributed by atoms with Gasteiger partial charge >= 0.3 is 0 Å². The van der Waals surface area contributed by atoms with Crippen LogP contribution in [-0.4, -0.2) is 30.5 Å². The third-order valence-electron chi connectivity index (χ3n) is 5.41. The predicted molar refractivity (Wildman–Crippen MR) is 124 cm³/mol. The van der Waals surface area contributed by atoms with E-state index in [0.717, 1.165) is 5.56 Å². The first-order chi connectivity index (χ1) is 15.2. The smallest absolute Gasteiger partial charge is 0.264 e. The molecule has 1 aliphatic heterocycles. The zero-order valence-electron chi connectivity index (χ0n) is 17.8. The standard InChI is InChI=1S/C23H24N2O5S2/c1-17-15-20(30-2)11-13-23(17)31(26,27)24-19-10-12-22-18(16-19)7-6-14-25(22)32(28,29)21-8-4-3-5-9-21/h3-5,8-13,15-16,24H,6-7,14H2,1-2H3. The van der Waals surface area contributed by atoms with Crippen LogP contribution in [0.5, 0.6) is 5.75 Å². The third-order valence-corrected chi connectivity index (χ3v) is 8.78. The quantitative estimate of drug-likeness (QED) is 0.587. The highest BCUT2D eigenvalue weighted by Gasteiger charge is 2.29. The van der Waals surface area contributed by atoms with Gasteiger partial charge in [-0.05, 0) is 79.4 Å². The van der Waals surface area contributed by atoms with Crippen molar-refractivity contribution in [2.45, 2.75) is 29.6 Å². The summed E-state index contributed by atoms with van der Waals surface area (Å²) in [6.07, 6.45) is 1.31. The number of nitrogens with zero attached hydrogens (tertiary/aromatic N) is 1. The van der Waals surface area contributed by atoms with Gasteiger partial charge in [-0.25, -0.2) is 16.8 Å². The second-order valence-corrected chi connectivity index (χ2v) is 11.1. The fourth-order valence-electron chi connectivity index (χ4n) is 3.86. The first-order valence-electron chi connectivity index (χ1n) is 10.1. The summed E-state index contributed by atoms with van der Waals surface area (Å²) in [5.41, 5.74) is 2.30. The van der Waals surface area contributed by atoms with Crippen molar-refractivity contribution in [2.24, 2.45) is 0 Å². The summed E-state index contributed by atoms with van der Waals surface area (Å²) in [7, 11) is -5.99. The normalized spacial score (nSPS) is 14.0. The van der Waals surface area contributed by atoms with Crippen molar-refractivity contribution < 1.29 is 21.6 Å². The van der Waals surface area contributed by atoms with Crippen molar-refractivity contribution in [3.8, 4) is 5.75 Å². The molecule has 0 saturated heterocycles.